The largest absolute Gasteiger partial charge is 0.305 e. The van der Waals surface area contributed by atoms with Gasteiger partial charge in [-0.25, -0.2) is 0 Å². The van der Waals surface area contributed by atoms with Gasteiger partial charge in [-0.3, -0.25) is 0 Å². The van der Waals surface area contributed by atoms with Crippen molar-refractivity contribution >= 4 is 18.9 Å². The third kappa shape index (κ3) is 21.8. The molecule has 0 aliphatic heterocycles. The zero-order chi connectivity index (χ0) is 14.5. The molecule has 2 nitrogen and oxygen atoms in total. The lowest BCUT2D eigenvalue weighted by atomic mass is 9.97. The van der Waals surface area contributed by atoms with Gasteiger partial charge in [0.05, 0.1) is 0 Å². The highest BCUT2D eigenvalue weighted by molar-refractivity contribution is 7.81. The number of carbonyl (C=O) groups is 1. The van der Waals surface area contributed by atoms with E-state index in [2.05, 4.69) is 52.3 Å². The highest BCUT2D eigenvalue weighted by atomic mass is 32.1. The molecule has 0 bridgehead atoms. The van der Waals surface area contributed by atoms with Crippen LogP contribution in [0.15, 0.2) is 0 Å². The van der Waals surface area contributed by atoms with Crippen LogP contribution in [0.1, 0.15) is 54.9 Å². The lowest BCUT2D eigenvalue weighted by Gasteiger charge is -2.30. The number of rotatable bonds is 5. The topological polar surface area (TPSA) is 20.3 Å². The maximum atomic E-state index is 8.81. The molecule has 0 aliphatic carbocycles. The van der Waals surface area contributed by atoms with Crippen LogP contribution in [-0.2, 0) is 4.79 Å². The van der Waals surface area contributed by atoms with Gasteiger partial charge in [0.1, 0.15) is 6.29 Å². The molecule has 1 atom stereocenters. The van der Waals surface area contributed by atoms with Crippen LogP contribution in [0.2, 0.25) is 0 Å². The van der Waals surface area contributed by atoms with Crippen molar-refractivity contribution in [1.82, 2.24) is 4.90 Å². The van der Waals surface area contributed by atoms with Crippen molar-refractivity contribution in [3.8, 4) is 0 Å². The smallest absolute Gasteiger partial charge is 0.116 e. The Morgan fingerprint density at radius 3 is 1.94 bits per heavy atom. The summed E-state index contributed by atoms with van der Waals surface area (Å²) in [4.78, 5) is 11.1. The molecule has 17 heavy (non-hydrogen) atoms. The number of hydrogen-bond donors (Lipinski definition) is 1. The average molecular weight is 263 g/mol. The number of hydrogen-bond acceptors (Lipinski definition) is 3. The quantitative estimate of drug-likeness (QED) is 0.599. The number of aldehydes is 1. The third-order valence-corrected chi connectivity index (χ3v) is 2.32. The van der Waals surface area contributed by atoms with E-state index in [1.54, 1.807) is 0 Å². The van der Waals surface area contributed by atoms with Gasteiger partial charge in [0.2, 0.25) is 0 Å². The number of nitrogens with zero attached hydrogens (tertiary/aromatic N) is 1. The second kappa shape index (κ2) is 14.0. The molecule has 0 aromatic heterocycles. The minimum Gasteiger partial charge on any atom is -0.305 e. The van der Waals surface area contributed by atoms with Crippen LogP contribution >= 0.6 is 12.6 Å². The molecule has 0 saturated heterocycles. The van der Waals surface area contributed by atoms with Gasteiger partial charge >= 0.3 is 0 Å². The zero-order valence-electron chi connectivity index (χ0n) is 13.1. The van der Waals surface area contributed by atoms with Crippen LogP contribution in [0.3, 0.4) is 0 Å². The minimum absolute atomic E-state index is 0.166. The number of carbonyl (C=O) groups excluding carboxylic acids is 1. The molecule has 0 aromatic carbocycles. The molecule has 0 fully saturated rings. The summed E-state index contributed by atoms with van der Waals surface area (Å²) in [6.07, 6.45) is 1.93. The first kappa shape index (κ1) is 22.2. The lowest BCUT2D eigenvalue weighted by Crippen LogP contribution is -2.35. The van der Waals surface area contributed by atoms with E-state index in [4.69, 9.17) is 4.79 Å². The van der Waals surface area contributed by atoms with E-state index < -0.39 is 0 Å². The standard InChI is InChI=1S/C10H23NS.C2H4O.C2H6/c1-6-11(5)8-10(4,12)7-9(2)3;1-2-3;1-2/h9,12H,6-8H2,1-5H3;2H,1H3;1-2H3. The molecule has 3 heteroatoms. The zero-order valence-corrected chi connectivity index (χ0v) is 14.0. The molecule has 0 saturated carbocycles. The van der Waals surface area contributed by atoms with Crippen molar-refractivity contribution in [3.63, 3.8) is 0 Å². The highest BCUT2D eigenvalue weighted by Gasteiger charge is 2.21. The van der Waals surface area contributed by atoms with Crippen LogP contribution in [0.5, 0.6) is 0 Å². The Morgan fingerprint density at radius 1 is 1.35 bits per heavy atom. The Hall–Kier alpha value is -0.0200. The van der Waals surface area contributed by atoms with Gasteiger partial charge in [0, 0.05) is 11.3 Å². The Labute approximate surface area is 115 Å². The molecule has 1 unspecified atom stereocenters. The molecule has 0 N–H and O–H groups in total. The monoisotopic (exact) mass is 263 g/mol. The Kier molecular flexibility index (Phi) is 18.3. The SMILES string of the molecule is CC.CC=O.CCN(C)CC(C)(S)CC(C)C. The number of thiol groups is 1. The van der Waals surface area contributed by atoms with E-state index in [0.29, 0.717) is 0 Å². The van der Waals surface area contributed by atoms with Crippen molar-refractivity contribution in [2.45, 2.75) is 59.6 Å². The van der Waals surface area contributed by atoms with E-state index >= 15 is 0 Å². The Balaban J connectivity index is -0.000000337. The van der Waals surface area contributed by atoms with Gasteiger partial charge in [0.25, 0.3) is 0 Å². The van der Waals surface area contributed by atoms with Crippen molar-refractivity contribution in [2.75, 3.05) is 20.1 Å². The molecular formula is C14H33NOS. The minimum atomic E-state index is 0.166. The van der Waals surface area contributed by atoms with Gasteiger partial charge in [-0.05, 0) is 39.8 Å². The summed E-state index contributed by atoms with van der Waals surface area (Å²) in [5, 5.41) is 0. The van der Waals surface area contributed by atoms with Gasteiger partial charge in [0.15, 0.2) is 0 Å². The predicted molar refractivity (Wildman–Crippen MR) is 83.1 cm³/mol. The normalized spacial score (nSPS) is 13.1. The van der Waals surface area contributed by atoms with Gasteiger partial charge in [-0.15, -0.1) is 0 Å². The van der Waals surface area contributed by atoms with Crippen LogP contribution in [0.4, 0.5) is 0 Å². The maximum Gasteiger partial charge on any atom is 0.116 e. The van der Waals surface area contributed by atoms with Gasteiger partial charge < -0.3 is 9.69 Å². The first-order chi connectivity index (χ1) is 7.79. The molecule has 0 aromatic rings. The van der Waals surface area contributed by atoms with Crippen molar-refractivity contribution < 1.29 is 4.79 Å². The summed E-state index contributed by atoms with van der Waals surface area (Å²) >= 11 is 4.68. The van der Waals surface area contributed by atoms with Gasteiger partial charge in [-0.1, -0.05) is 34.6 Å². The maximum absolute atomic E-state index is 8.81. The van der Waals surface area contributed by atoms with E-state index in [1.807, 2.05) is 13.8 Å². The van der Waals surface area contributed by atoms with Crippen molar-refractivity contribution in [1.29, 1.82) is 0 Å². The van der Waals surface area contributed by atoms with Crippen molar-refractivity contribution in [3.05, 3.63) is 0 Å². The summed E-state index contributed by atoms with van der Waals surface area (Å²) in [6, 6.07) is 0. The molecule has 0 heterocycles. The molecule has 0 amide bonds. The summed E-state index contributed by atoms with van der Waals surface area (Å²) in [5.74, 6) is 0.734. The van der Waals surface area contributed by atoms with Crippen LogP contribution in [0, 0.1) is 5.92 Å². The first-order valence-corrected chi connectivity index (χ1v) is 7.04. The molecule has 0 spiro atoms. The predicted octanol–water partition coefficient (Wildman–Crippen LogP) is 3.90. The Bertz CT molecular complexity index is 158. The Morgan fingerprint density at radius 2 is 1.71 bits per heavy atom. The molecular weight excluding hydrogens is 230 g/mol. The molecule has 0 aliphatic rings. The van der Waals surface area contributed by atoms with E-state index in [-0.39, 0.29) is 4.75 Å². The van der Waals surface area contributed by atoms with Crippen LogP contribution < -0.4 is 0 Å². The highest BCUT2D eigenvalue weighted by Crippen LogP contribution is 2.23. The lowest BCUT2D eigenvalue weighted by molar-refractivity contribution is -0.106. The summed E-state index contributed by atoms with van der Waals surface area (Å²) < 4.78 is 0.166. The van der Waals surface area contributed by atoms with E-state index in [9.17, 15) is 0 Å². The third-order valence-electron chi connectivity index (χ3n) is 2.00. The average Bonchev–Trinajstić information content (AvgIpc) is 2.19. The van der Waals surface area contributed by atoms with Gasteiger partial charge in [-0.2, -0.15) is 12.6 Å². The van der Waals surface area contributed by atoms with E-state index in [0.717, 1.165) is 25.3 Å². The van der Waals surface area contributed by atoms with Crippen molar-refractivity contribution in [2.24, 2.45) is 5.92 Å². The molecule has 0 rings (SSSR count). The molecule has 0 radical (unpaired) electrons. The fraction of sp³-hybridized carbons (Fsp3) is 0.929. The summed E-state index contributed by atoms with van der Waals surface area (Å²) in [6.45, 7) is 16.5. The second-order valence-corrected chi connectivity index (χ2v) is 5.74. The fourth-order valence-corrected chi connectivity index (χ4v) is 2.24. The van der Waals surface area contributed by atoms with Crippen LogP contribution in [-0.4, -0.2) is 36.1 Å². The van der Waals surface area contributed by atoms with Crippen LogP contribution in [0.25, 0.3) is 0 Å². The molecule has 106 valence electrons. The second-order valence-electron chi connectivity index (χ2n) is 4.66. The van der Waals surface area contributed by atoms with E-state index in [1.165, 1.54) is 13.3 Å². The first-order valence-electron chi connectivity index (χ1n) is 6.59. The summed E-state index contributed by atoms with van der Waals surface area (Å²) in [7, 11) is 2.15. The fourth-order valence-electron chi connectivity index (χ4n) is 1.64. The summed E-state index contributed by atoms with van der Waals surface area (Å²) in [5.41, 5.74) is 0.